The number of anilines is 3. The van der Waals surface area contributed by atoms with E-state index < -0.39 is 11.9 Å². The SMILES string of the molecule is Cc1ccc2c(c1)C(O)=[N+](CCCC(C=O)NC(=O)c1ccc(NCc3cnc4nc(N)nc(N)c4n3)cc1)C2=O. The fourth-order valence-corrected chi connectivity index (χ4v) is 4.52. The lowest BCUT2D eigenvalue weighted by Gasteiger charge is -2.13. The van der Waals surface area contributed by atoms with Gasteiger partial charge in [0.05, 0.1) is 24.5 Å². The zero-order chi connectivity index (χ0) is 29.1. The number of aromatic nitrogens is 4. The second kappa shape index (κ2) is 11.3. The van der Waals surface area contributed by atoms with Crippen LogP contribution in [0.5, 0.6) is 0 Å². The molecular formula is C28H28N9O4+. The number of nitrogens with two attached hydrogens (primary N) is 2. The van der Waals surface area contributed by atoms with Gasteiger partial charge in [0.1, 0.15) is 17.4 Å². The van der Waals surface area contributed by atoms with Crippen LogP contribution in [0.4, 0.5) is 17.5 Å². The molecule has 1 atom stereocenters. The zero-order valence-corrected chi connectivity index (χ0v) is 22.2. The van der Waals surface area contributed by atoms with Crippen LogP contribution >= 0.6 is 0 Å². The molecule has 1 aliphatic rings. The number of nitrogen functional groups attached to an aromatic ring is 2. The highest BCUT2D eigenvalue weighted by Gasteiger charge is 2.38. The summed E-state index contributed by atoms with van der Waals surface area (Å²) in [7, 11) is 0. The highest BCUT2D eigenvalue weighted by atomic mass is 16.3. The molecule has 0 radical (unpaired) electrons. The number of nitrogens with one attached hydrogen (secondary N) is 2. The van der Waals surface area contributed by atoms with Crippen LogP contribution in [0.25, 0.3) is 11.2 Å². The van der Waals surface area contributed by atoms with E-state index >= 15 is 0 Å². The van der Waals surface area contributed by atoms with Crippen LogP contribution in [0.2, 0.25) is 0 Å². The predicted molar refractivity (Wildman–Crippen MR) is 152 cm³/mol. The van der Waals surface area contributed by atoms with E-state index in [0.717, 1.165) is 11.3 Å². The fraction of sp³-hybridized carbons (Fsp3) is 0.214. The monoisotopic (exact) mass is 554 g/mol. The molecule has 41 heavy (non-hydrogen) atoms. The van der Waals surface area contributed by atoms with Crippen molar-refractivity contribution in [3.8, 4) is 0 Å². The summed E-state index contributed by atoms with van der Waals surface area (Å²) in [6, 6.07) is 11.3. The van der Waals surface area contributed by atoms with Gasteiger partial charge in [-0.2, -0.15) is 9.97 Å². The number of aliphatic hydroxyl groups excluding tert-OH is 1. The second-order valence-corrected chi connectivity index (χ2v) is 9.62. The van der Waals surface area contributed by atoms with Crippen molar-refractivity contribution in [2.24, 2.45) is 0 Å². The molecule has 208 valence electrons. The number of amides is 2. The molecule has 0 aliphatic carbocycles. The first-order valence-electron chi connectivity index (χ1n) is 12.9. The molecule has 13 heteroatoms. The molecule has 0 saturated carbocycles. The third kappa shape index (κ3) is 5.78. The first-order valence-corrected chi connectivity index (χ1v) is 12.9. The maximum atomic E-state index is 12.7. The van der Waals surface area contributed by atoms with E-state index in [2.05, 4.69) is 30.6 Å². The number of nitrogens with zero attached hydrogens (tertiary/aromatic N) is 5. The van der Waals surface area contributed by atoms with Crippen molar-refractivity contribution in [3.63, 3.8) is 0 Å². The van der Waals surface area contributed by atoms with E-state index in [0.29, 0.717) is 59.2 Å². The van der Waals surface area contributed by atoms with Gasteiger partial charge < -0.3 is 32.0 Å². The third-order valence-corrected chi connectivity index (χ3v) is 6.65. The van der Waals surface area contributed by atoms with Gasteiger partial charge in [0, 0.05) is 17.7 Å². The van der Waals surface area contributed by atoms with E-state index in [1.807, 2.05) is 13.0 Å². The van der Waals surface area contributed by atoms with Gasteiger partial charge in [-0.15, -0.1) is 4.58 Å². The number of hydrogen-bond acceptors (Lipinski definition) is 10. The van der Waals surface area contributed by atoms with Crippen molar-refractivity contribution in [3.05, 3.63) is 76.6 Å². The topological polar surface area (TPSA) is 202 Å². The highest BCUT2D eigenvalue weighted by molar-refractivity contribution is 6.09. The van der Waals surface area contributed by atoms with Crippen molar-refractivity contribution >= 4 is 52.6 Å². The van der Waals surface area contributed by atoms with E-state index in [-0.39, 0.29) is 30.1 Å². The summed E-state index contributed by atoms with van der Waals surface area (Å²) >= 11 is 0. The number of carbonyl (C=O) groups is 3. The summed E-state index contributed by atoms with van der Waals surface area (Å²) in [5.74, 6) is -0.609. The van der Waals surface area contributed by atoms with Crippen LogP contribution in [-0.2, 0) is 11.3 Å². The van der Waals surface area contributed by atoms with Gasteiger partial charge in [-0.05, 0) is 49.7 Å². The van der Waals surface area contributed by atoms with Gasteiger partial charge in [0.25, 0.3) is 5.91 Å². The van der Waals surface area contributed by atoms with Crippen molar-refractivity contribution in [2.45, 2.75) is 32.4 Å². The van der Waals surface area contributed by atoms with E-state index in [9.17, 15) is 19.5 Å². The first kappa shape index (κ1) is 27.1. The highest BCUT2D eigenvalue weighted by Crippen LogP contribution is 2.20. The Hall–Kier alpha value is -5.46. The van der Waals surface area contributed by atoms with Gasteiger partial charge >= 0.3 is 11.8 Å². The molecule has 2 amide bonds. The summed E-state index contributed by atoms with van der Waals surface area (Å²) in [5.41, 5.74) is 15.7. The van der Waals surface area contributed by atoms with Crippen LogP contribution in [0.15, 0.2) is 48.7 Å². The Balaban J connectivity index is 1.13. The Bertz CT molecular complexity index is 1700. The minimum atomic E-state index is -0.747. The van der Waals surface area contributed by atoms with Crippen molar-refractivity contribution in [2.75, 3.05) is 23.3 Å². The molecule has 2 aromatic heterocycles. The summed E-state index contributed by atoms with van der Waals surface area (Å²) in [6.45, 7) is 2.44. The van der Waals surface area contributed by atoms with E-state index in [4.69, 9.17) is 11.5 Å². The normalized spacial score (nSPS) is 13.2. The van der Waals surface area contributed by atoms with Crippen molar-refractivity contribution in [1.29, 1.82) is 0 Å². The summed E-state index contributed by atoms with van der Waals surface area (Å²) in [5, 5.41) is 16.4. The lowest BCUT2D eigenvalue weighted by atomic mass is 10.1. The third-order valence-electron chi connectivity index (χ3n) is 6.65. The Morgan fingerprint density at radius 2 is 1.88 bits per heavy atom. The van der Waals surface area contributed by atoms with Crippen LogP contribution in [-0.4, -0.2) is 66.2 Å². The number of aryl methyl sites for hydroxylation is 1. The smallest absolute Gasteiger partial charge is 0.423 e. The Labute approximate surface area is 234 Å². The molecule has 13 nitrogen and oxygen atoms in total. The molecule has 0 bridgehead atoms. The standard InChI is InChI=1S/C28H27N9O4/c1-15-4-9-20-21(11-15)27(41)37(26(20)40)10-2-3-18(14-38)34-25(39)16-5-7-17(8-6-16)31-12-19-13-32-24-22(33-19)23(29)35-28(30)36-24/h4-9,11,13-14,18H,2-3,10,12H2,1H3,(H6,29,30,31,32,34,35,36,39)/p+1. The fourth-order valence-electron chi connectivity index (χ4n) is 4.52. The molecule has 1 unspecified atom stereocenters. The average molecular weight is 555 g/mol. The molecule has 0 fully saturated rings. The zero-order valence-electron chi connectivity index (χ0n) is 22.2. The molecule has 2 aromatic carbocycles. The first-order chi connectivity index (χ1) is 19.7. The lowest BCUT2D eigenvalue weighted by molar-refractivity contribution is -0.434. The van der Waals surface area contributed by atoms with Gasteiger partial charge in [-0.3, -0.25) is 4.79 Å². The summed E-state index contributed by atoms with van der Waals surface area (Å²) in [4.78, 5) is 53.6. The largest absolute Gasteiger partial charge is 0.459 e. The van der Waals surface area contributed by atoms with E-state index in [1.54, 1.807) is 42.6 Å². The van der Waals surface area contributed by atoms with Crippen LogP contribution in [0.3, 0.4) is 0 Å². The molecule has 0 spiro atoms. The minimum Gasteiger partial charge on any atom is -0.459 e. The van der Waals surface area contributed by atoms with Crippen LogP contribution in [0.1, 0.15) is 50.4 Å². The second-order valence-electron chi connectivity index (χ2n) is 9.62. The predicted octanol–water partition coefficient (Wildman–Crippen LogP) is 1.75. The lowest BCUT2D eigenvalue weighted by Crippen LogP contribution is -2.36. The number of carbonyl (C=O) groups excluding carboxylic acids is 3. The molecule has 3 heterocycles. The number of rotatable bonds is 10. The number of fused-ring (bicyclic) bond motifs is 2. The molecule has 1 aliphatic heterocycles. The summed E-state index contributed by atoms with van der Waals surface area (Å²) in [6.07, 6.45) is 2.92. The molecule has 0 saturated heterocycles. The number of aldehydes is 1. The maximum absolute atomic E-state index is 12.7. The van der Waals surface area contributed by atoms with Crippen LogP contribution < -0.4 is 22.1 Å². The van der Waals surface area contributed by atoms with E-state index in [1.165, 1.54) is 4.58 Å². The molecule has 4 aromatic rings. The average Bonchev–Trinajstić information content (AvgIpc) is 3.19. The molecular weight excluding hydrogens is 526 g/mol. The van der Waals surface area contributed by atoms with Crippen molar-refractivity contribution in [1.82, 2.24) is 25.3 Å². The molecule has 7 N–H and O–H groups in total. The minimum absolute atomic E-state index is 0.0256. The maximum Gasteiger partial charge on any atom is 0.423 e. The van der Waals surface area contributed by atoms with Gasteiger partial charge in [0.2, 0.25) is 5.95 Å². The van der Waals surface area contributed by atoms with Crippen molar-refractivity contribution < 1.29 is 24.1 Å². The van der Waals surface area contributed by atoms with Crippen LogP contribution in [0, 0.1) is 6.92 Å². The number of aliphatic hydroxyl groups is 1. The Kier molecular flexibility index (Phi) is 7.50. The quantitative estimate of drug-likeness (QED) is 0.141. The molecule has 5 rings (SSSR count). The number of benzene rings is 2. The Morgan fingerprint density at radius 1 is 1.10 bits per heavy atom. The van der Waals surface area contributed by atoms with Gasteiger partial charge in [0.15, 0.2) is 23.5 Å². The van der Waals surface area contributed by atoms with Gasteiger partial charge in [-0.25, -0.2) is 14.8 Å². The summed E-state index contributed by atoms with van der Waals surface area (Å²) < 4.78 is 1.29. The van der Waals surface area contributed by atoms with Gasteiger partial charge in [-0.1, -0.05) is 11.6 Å². The Morgan fingerprint density at radius 3 is 2.63 bits per heavy atom. The number of hydrogen-bond donors (Lipinski definition) is 5.